The molecular weight excluding hydrogens is 290 g/mol. The highest BCUT2D eigenvalue weighted by Crippen LogP contribution is 2.32. The molecule has 1 aromatic heterocycles. The Hall–Kier alpha value is -2.34. The van der Waals surface area contributed by atoms with Crippen LogP contribution >= 0.6 is 11.3 Å². The molecule has 3 rings (SSSR count). The lowest BCUT2D eigenvalue weighted by Gasteiger charge is -2.07. The number of benzene rings is 1. The summed E-state index contributed by atoms with van der Waals surface area (Å²) in [4.78, 5) is 24.9. The van der Waals surface area contributed by atoms with Crippen molar-refractivity contribution in [3.05, 3.63) is 45.1 Å². The summed E-state index contributed by atoms with van der Waals surface area (Å²) >= 11 is 1.46. The second kappa shape index (κ2) is 5.21. The van der Waals surface area contributed by atoms with E-state index in [1.165, 1.54) is 40.0 Å². The number of hydrogen-bond acceptors (Lipinski definition) is 4. The minimum Gasteiger partial charge on any atom is -0.506 e. The summed E-state index contributed by atoms with van der Waals surface area (Å²) in [5.41, 5.74) is 1.33. The summed E-state index contributed by atoms with van der Waals surface area (Å²) in [6, 6.07) is 5.66. The van der Waals surface area contributed by atoms with Crippen LogP contribution in [-0.2, 0) is 12.8 Å². The highest BCUT2D eigenvalue weighted by Gasteiger charge is 2.19. The number of phenols is 1. The largest absolute Gasteiger partial charge is 0.506 e. The number of amides is 1. The fourth-order valence-corrected chi connectivity index (χ4v) is 3.54. The third-order valence-corrected chi connectivity index (χ3v) is 4.70. The molecule has 21 heavy (non-hydrogen) atoms. The Kier molecular flexibility index (Phi) is 3.39. The van der Waals surface area contributed by atoms with E-state index in [1.807, 2.05) is 6.07 Å². The van der Waals surface area contributed by atoms with Gasteiger partial charge in [-0.2, -0.15) is 0 Å². The van der Waals surface area contributed by atoms with Crippen LogP contribution in [0.5, 0.6) is 5.75 Å². The zero-order valence-electron chi connectivity index (χ0n) is 11.0. The number of anilines is 1. The highest BCUT2D eigenvalue weighted by molar-refractivity contribution is 7.14. The van der Waals surface area contributed by atoms with Gasteiger partial charge in [0.2, 0.25) is 0 Å². The number of aromatic carboxylic acids is 1. The Morgan fingerprint density at radius 1 is 1.19 bits per heavy atom. The van der Waals surface area contributed by atoms with Crippen LogP contribution in [0.2, 0.25) is 0 Å². The van der Waals surface area contributed by atoms with Crippen LogP contribution < -0.4 is 5.32 Å². The van der Waals surface area contributed by atoms with E-state index in [9.17, 15) is 14.7 Å². The minimum absolute atomic E-state index is 0.0109. The van der Waals surface area contributed by atoms with Crippen molar-refractivity contribution in [3.8, 4) is 5.75 Å². The lowest BCUT2D eigenvalue weighted by atomic mass is 10.2. The lowest BCUT2D eigenvalue weighted by molar-refractivity contribution is 0.0696. The van der Waals surface area contributed by atoms with Gasteiger partial charge in [-0.25, -0.2) is 4.79 Å². The van der Waals surface area contributed by atoms with Crippen molar-refractivity contribution in [2.75, 3.05) is 5.32 Å². The average Bonchev–Trinajstić information content (AvgIpc) is 3.01. The molecule has 2 aromatic rings. The van der Waals surface area contributed by atoms with Gasteiger partial charge in [-0.3, -0.25) is 4.79 Å². The third kappa shape index (κ3) is 2.62. The number of carbonyl (C=O) groups excluding carboxylic acids is 1. The maximum absolute atomic E-state index is 12.2. The van der Waals surface area contributed by atoms with Crippen LogP contribution in [0.3, 0.4) is 0 Å². The second-order valence-electron chi connectivity index (χ2n) is 4.90. The molecule has 0 radical (unpaired) electrons. The molecule has 108 valence electrons. The van der Waals surface area contributed by atoms with Crippen molar-refractivity contribution < 1.29 is 19.8 Å². The first-order valence-electron chi connectivity index (χ1n) is 6.54. The molecule has 0 fully saturated rings. The van der Waals surface area contributed by atoms with Gasteiger partial charge in [0, 0.05) is 4.88 Å². The lowest BCUT2D eigenvalue weighted by Crippen LogP contribution is -2.11. The van der Waals surface area contributed by atoms with E-state index < -0.39 is 5.97 Å². The third-order valence-electron chi connectivity index (χ3n) is 3.46. The van der Waals surface area contributed by atoms with E-state index in [4.69, 9.17) is 5.11 Å². The minimum atomic E-state index is -1.11. The van der Waals surface area contributed by atoms with Crippen LogP contribution in [0.25, 0.3) is 0 Å². The van der Waals surface area contributed by atoms with Crippen LogP contribution in [0.4, 0.5) is 5.69 Å². The Labute approximate surface area is 124 Å². The van der Waals surface area contributed by atoms with Crippen LogP contribution in [0, 0.1) is 0 Å². The fourth-order valence-electron chi connectivity index (χ4n) is 2.39. The maximum Gasteiger partial charge on any atom is 0.335 e. The van der Waals surface area contributed by atoms with Gasteiger partial charge in [0.25, 0.3) is 5.91 Å². The molecule has 1 aromatic carbocycles. The first-order chi connectivity index (χ1) is 10.0. The number of aryl methyl sites for hydroxylation is 2. The quantitative estimate of drug-likeness (QED) is 0.761. The number of fused-ring (bicyclic) bond motifs is 1. The zero-order chi connectivity index (χ0) is 15.0. The van der Waals surface area contributed by atoms with Gasteiger partial charge >= 0.3 is 5.97 Å². The first kappa shape index (κ1) is 13.6. The molecule has 0 spiro atoms. The SMILES string of the molecule is O=C(O)c1ccc(O)c(NC(=O)c2cc3c(s2)CCC3)c1. The monoisotopic (exact) mass is 303 g/mol. The van der Waals surface area contributed by atoms with Crippen molar-refractivity contribution >= 4 is 28.9 Å². The molecule has 0 atom stereocenters. The molecular formula is C15H13NO4S. The summed E-state index contributed by atoms with van der Waals surface area (Å²) in [6.45, 7) is 0. The topological polar surface area (TPSA) is 86.6 Å². The molecule has 5 nitrogen and oxygen atoms in total. The molecule has 6 heteroatoms. The number of carbonyl (C=O) groups is 2. The number of carboxylic acids is 1. The van der Waals surface area contributed by atoms with Crippen molar-refractivity contribution in [2.24, 2.45) is 0 Å². The van der Waals surface area contributed by atoms with E-state index in [0.717, 1.165) is 19.3 Å². The molecule has 0 saturated carbocycles. The molecule has 1 aliphatic carbocycles. The predicted molar refractivity (Wildman–Crippen MR) is 79.4 cm³/mol. The summed E-state index contributed by atoms with van der Waals surface area (Å²) in [5.74, 6) is -1.59. The van der Waals surface area contributed by atoms with Gasteiger partial charge in [-0.15, -0.1) is 11.3 Å². The van der Waals surface area contributed by atoms with Crippen molar-refractivity contribution in [1.82, 2.24) is 0 Å². The standard InChI is InChI=1S/C15H13NO4S/c17-11-5-4-9(15(19)20)6-10(11)16-14(18)13-7-8-2-1-3-12(8)21-13/h4-7,17H,1-3H2,(H,16,18)(H,19,20). The van der Waals surface area contributed by atoms with Crippen LogP contribution in [-0.4, -0.2) is 22.1 Å². The van der Waals surface area contributed by atoms with Crippen molar-refractivity contribution in [1.29, 1.82) is 0 Å². The van der Waals surface area contributed by atoms with Crippen molar-refractivity contribution in [3.63, 3.8) is 0 Å². The molecule has 3 N–H and O–H groups in total. The molecule has 0 bridgehead atoms. The van der Waals surface area contributed by atoms with Gasteiger partial charge < -0.3 is 15.5 Å². The Bertz CT molecular complexity index is 714. The summed E-state index contributed by atoms with van der Waals surface area (Å²) in [7, 11) is 0. The van der Waals surface area contributed by atoms with Crippen LogP contribution in [0.15, 0.2) is 24.3 Å². The number of thiophene rings is 1. The predicted octanol–water partition coefficient (Wildman–Crippen LogP) is 2.89. The maximum atomic E-state index is 12.2. The van der Waals surface area contributed by atoms with Crippen molar-refractivity contribution in [2.45, 2.75) is 19.3 Å². The van der Waals surface area contributed by atoms with E-state index in [1.54, 1.807) is 0 Å². The number of hydrogen-bond donors (Lipinski definition) is 3. The molecule has 1 aliphatic rings. The number of carboxylic acid groups (broad SMARTS) is 1. The van der Waals surface area contributed by atoms with E-state index >= 15 is 0 Å². The fraction of sp³-hybridized carbons (Fsp3) is 0.200. The number of rotatable bonds is 3. The van der Waals surface area contributed by atoms with Gasteiger partial charge in [0.15, 0.2) is 0 Å². The number of nitrogens with one attached hydrogen (secondary N) is 1. The molecule has 1 heterocycles. The first-order valence-corrected chi connectivity index (χ1v) is 7.35. The summed E-state index contributed by atoms with van der Waals surface area (Å²) in [6.07, 6.45) is 3.14. The van der Waals surface area contributed by atoms with Crippen LogP contribution in [0.1, 0.15) is 36.9 Å². The second-order valence-corrected chi connectivity index (χ2v) is 6.04. The van der Waals surface area contributed by atoms with Gasteiger partial charge in [-0.1, -0.05) is 0 Å². The van der Waals surface area contributed by atoms with E-state index in [0.29, 0.717) is 4.88 Å². The summed E-state index contributed by atoms with van der Waals surface area (Å²) < 4.78 is 0. The number of phenolic OH excluding ortho intramolecular Hbond substituents is 1. The number of aromatic hydroxyl groups is 1. The molecule has 0 saturated heterocycles. The zero-order valence-corrected chi connectivity index (χ0v) is 11.9. The van der Waals surface area contributed by atoms with Gasteiger partial charge in [0.1, 0.15) is 5.75 Å². The Morgan fingerprint density at radius 2 is 2.00 bits per heavy atom. The Balaban J connectivity index is 1.83. The average molecular weight is 303 g/mol. The Morgan fingerprint density at radius 3 is 2.71 bits per heavy atom. The van der Waals surface area contributed by atoms with E-state index in [2.05, 4.69) is 5.32 Å². The molecule has 1 amide bonds. The summed E-state index contributed by atoms with van der Waals surface area (Å²) in [5, 5.41) is 21.2. The van der Waals surface area contributed by atoms with Gasteiger partial charge in [-0.05, 0) is 49.1 Å². The normalized spacial score (nSPS) is 13.0. The molecule has 0 aliphatic heterocycles. The smallest absolute Gasteiger partial charge is 0.335 e. The highest BCUT2D eigenvalue weighted by atomic mass is 32.1. The van der Waals surface area contributed by atoms with Gasteiger partial charge in [0.05, 0.1) is 16.1 Å². The van der Waals surface area contributed by atoms with E-state index in [-0.39, 0.29) is 22.9 Å². The molecule has 0 unspecified atom stereocenters.